The molecule has 0 saturated carbocycles. The van der Waals surface area contributed by atoms with Crippen molar-refractivity contribution in [2.45, 2.75) is 38.0 Å². The predicted octanol–water partition coefficient (Wildman–Crippen LogP) is 3.10. The number of alkyl carbamates (subject to hydrolysis) is 1. The second-order valence-electron chi connectivity index (χ2n) is 6.93. The van der Waals surface area contributed by atoms with Crippen LogP contribution in [0.1, 0.15) is 31.6 Å². The number of methoxy groups -OCH3 is 2. The largest absolute Gasteiger partial charge is 0.453 e. The zero-order valence-electron chi connectivity index (χ0n) is 16.6. The van der Waals surface area contributed by atoms with E-state index in [1.54, 1.807) is 18.0 Å². The maximum atomic E-state index is 13.2. The van der Waals surface area contributed by atoms with E-state index < -0.39 is 18.2 Å². The van der Waals surface area contributed by atoms with Gasteiger partial charge >= 0.3 is 6.09 Å². The number of carbonyl (C=O) groups is 2. The van der Waals surface area contributed by atoms with Crippen molar-refractivity contribution in [3.05, 3.63) is 39.9 Å². The lowest BCUT2D eigenvalue weighted by Crippen LogP contribution is -2.54. The predicted molar refractivity (Wildman–Crippen MR) is 116 cm³/mol. The van der Waals surface area contributed by atoms with Gasteiger partial charge in [0.2, 0.25) is 5.91 Å². The minimum absolute atomic E-state index is 0.175. The highest BCUT2D eigenvalue weighted by Gasteiger charge is 2.38. The lowest BCUT2D eigenvalue weighted by molar-refractivity contribution is -0.137. The fourth-order valence-corrected chi connectivity index (χ4v) is 3.84. The monoisotopic (exact) mass is 512 g/mol. The van der Waals surface area contributed by atoms with E-state index >= 15 is 0 Å². The maximum absolute atomic E-state index is 13.2. The molecule has 1 aliphatic rings. The number of amides is 2. The van der Waals surface area contributed by atoms with Crippen LogP contribution in [0.3, 0.4) is 0 Å². The molecule has 2 N–H and O–H groups in total. The third-order valence-corrected chi connectivity index (χ3v) is 5.89. The van der Waals surface area contributed by atoms with E-state index in [9.17, 15) is 9.59 Å². The maximum Gasteiger partial charge on any atom is 0.407 e. The molecular weight excluding hydrogens is 487 g/mol. The first-order valence-corrected chi connectivity index (χ1v) is 10.5. The summed E-state index contributed by atoms with van der Waals surface area (Å²) in [5, 5.41) is 2.59. The summed E-state index contributed by atoms with van der Waals surface area (Å²) in [6.07, 6.45) is 2.30. The summed E-state index contributed by atoms with van der Waals surface area (Å²) in [6, 6.07) is 7.14. The molecule has 156 valence electrons. The second-order valence-corrected chi connectivity index (χ2v) is 8.18. The molecule has 2 heterocycles. The Balaban J connectivity index is 1.80. The number of aromatic nitrogens is 2. The van der Waals surface area contributed by atoms with Crippen LogP contribution in [0.25, 0.3) is 11.3 Å². The van der Waals surface area contributed by atoms with Crippen molar-refractivity contribution in [3.8, 4) is 11.3 Å². The Labute approximate surface area is 183 Å². The molecule has 0 spiro atoms. The molecular formula is C20H25IN4O4. The Kier molecular flexibility index (Phi) is 7.12. The van der Waals surface area contributed by atoms with Crippen LogP contribution >= 0.6 is 22.6 Å². The minimum Gasteiger partial charge on any atom is -0.453 e. The fraction of sp³-hybridized carbons (Fsp3) is 0.450. The van der Waals surface area contributed by atoms with Crippen LogP contribution in [-0.4, -0.2) is 59.8 Å². The number of halogens is 1. The van der Waals surface area contributed by atoms with Gasteiger partial charge in [-0.25, -0.2) is 9.78 Å². The molecule has 1 aromatic carbocycles. The number of likely N-dealkylation sites (tertiary alicyclic amines) is 1. The molecule has 1 aliphatic heterocycles. The van der Waals surface area contributed by atoms with Crippen LogP contribution in [0.4, 0.5) is 4.79 Å². The van der Waals surface area contributed by atoms with Crippen molar-refractivity contribution >= 4 is 34.6 Å². The van der Waals surface area contributed by atoms with Gasteiger partial charge in [-0.3, -0.25) is 4.79 Å². The number of ether oxygens (including phenoxy) is 2. The van der Waals surface area contributed by atoms with Gasteiger partial charge in [0.05, 0.1) is 31.1 Å². The Morgan fingerprint density at radius 1 is 1.31 bits per heavy atom. The van der Waals surface area contributed by atoms with Crippen LogP contribution in [0, 0.1) is 3.57 Å². The van der Waals surface area contributed by atoms with Gasteiger partial charge in [-0.05, 0) is 60.1 Å². The molecule has 0 bridgehead atoms. The van der Waals surface area contributed by atoms with E-state index in [4.69, 9.17) is 4.74 Å². The van der Waals surface area contributed by atoms with Crippen LogP contribution in [0.2, 0.25) is 0 Å². The third-order valence-electron chi connectivity index (χ3n) is 5.17. The first kappa shape index (κ1) is 21.6. The Bertz CT molecular complexity index is 854. The molecule has 1 fully saturated rings. The van der Waals surface area contributed by atoms with Gasteiger partial charge in [0.25, 0.3) is 0 Å². The number of aromatic amines is 1. The lowest BCUT2D eigenvalue weighted by atomic mass is 10.1. The summed E-state index contributed by atoms with van der Waals surface area (Å²) >= 11 is 2.27. The van der Waals surface area contributed by atoms with Crippen LogP contribution < -0.4 is 5.32 Å². The van der Waals surface area contributed by atoms with Crippen LogP contribution in [0.15, 0.2) is 30.5 Å². The molecule has 9 heteroatoms. The number of carbonyl (C=O) groups excluding carboxylic acids is 2. The molecule has 1 saturated heterocycles. The standard InChI is InChI=1S/C20H25IN4O4/c1-12(28-2)17(24-20(27)29-3)19(26)25-10-4-5-16(25)18-22-11-15(23-18)13-6-8-14(21)9-7-13/h6-9,11-12,16-17H,4-5,10H2,1-3H3,(H,22,23)(H,24,27)/t12-,16+,17+/m1/s1. The van der Waals surface area contributed by atoms with E-state index in [0.717, 1.165) is 33.5 Å². The third kappa shape index (κ3) is 4.89. The van der Waals surface area contributed by atoms with E-state index in [2.05, 4.69) is 42.6 Å². The van der Waals surface area contributed by atoms with Crippen molar-refractivity contribution in [1.29, 1.82) is 0 Å². The Morgan fingerprint density at radius 3 is 2.69 bits per heavy atom. The number of hydrogen-bond donors (Lipinski definition) is 2. The Hall–Kier alpha value is -2.14. The zero-order chi connectivity index (χ0) is 21.0. The number of imidazole rings is 1. The van der Waals surface area contributed by atoms with Gasteiger partial charge in [-0.1, -0.05) is 12.1 Å². The number of H-pyrrole nitrogens is 1. The summed E-state index contributed by atoms with van der Waals surface area (Å²) in [5.41, 5.74) is 1.95. The average molecular weight is 512 g/mol. The first-order chi connectivity index (χ1) is 13.9. The zero-order valence-corrected chi connectivity index (χ0v) is 18.8. The summed E-state index contributed by atoms with van der Waals surface area (Å²) in [5.74, 6) is 0.533. The van der Waals surface area contributed by atoms with Gasteiger partial charge in [0.15, 0.2) is 0 Å². The van der Waals surface area contributed by atoms with Gasteiger partial charge in [0.1, 0.15) is 11.9 Å². The van der Waals surface area contributed by atoms with Crippen molar-refractivity contribution in [3.63, 3.8) is 0 Å². The molecule has 2 amide bonds. The molecule has 3 rings (SSSR count). The van der Waals surface area contributed by atoms with E-state index in [0.29, 0.717) is 6.54 Å². The molecule has 3 atom stereocenters. The average Bonchev–Trinajstić information content (AvgIpc) is 3.40. The number of nitrogens with one attached hydrogen (secondary N) is 2. The van der Waals surface area contributed by atoms with Crippen molar-refractivity contribution < 1.29 is 19.1 Å². The second kappa shape index (κ2) is 9.57. The summed E-state index contributed by atoms with van der Waals surface area (Å²) < 4.78 is 11.1. The number of hydrogen-bond acceptors (Lipinski definition) is 5. The summed E-state index contributed by atoms with van der Waals surface area (Å²) in [7, 11) is 2.77. The van der Waals surface area contributed by atoms with Gasteiger partial charge in [-0.15, -0.1) is 0 Å². The molecule has 29 heavy (non-hydrogen) atoms. The highest BCUT2D eigenvalue weighted by atomic mass is 127. The van der Waals surface area contributed by atoms with E-state index in [-0.39, 0.29) is 11.9 Å². The SMILES string of the molecule is COC(=O)N[C@H](C(=O)N1CCC[C@H]1c1ncc(-c2ccc(I)cc2)[nH]1)[C@@H](C)OC. The van der Waals surface area contributed by atoms with Crippen LogP contribution in [-0.2, 0) is 14.3 Å². The van der Waals surface area contributed by atoms with E-state index in [1.807, 2.05) is 24.3 Å². The fourth-order valence-electron chi connectivity index (χ4n) is 3.48. The molecule has 1 aromatic heterocycles. The summed E-state index contributed by atoms with van der Waals surface area (Å²) in [6.45, 7) is 2.34. The normalized spacial score (nSPS) is 18.3. The van der Waals surface area contributed by atoms with E-state index in [1.165, 1.54) is 14.2 Å². The minimum atomic E-state index is -0.835. The lowest BCUT2D eigenvalue weighted by Gasteiger charge is -2.30. The highest BCUT2D eigenvalue weighted by molar-refractivity contribution is 14.1. The van der Waals surface area contributed by atoms with Crippen molar-refractivity contribution in [2.24, 2.45) is 0 Å². The molecule has 0 radical (unpaired) electrons. The number of benzene rings is 1. The topological polar surface area (TPSA) is 96.5 Å². The number of nitrogens with zero attached hydrogens (tertiary/aromatic N) is 2. The first-order valence-electron chi connectivity index (χ1n) is 9.43. The molecule has 0 aliphatic carbocycles. The molecule has 8 nitrogen and oxygen atoms in total. The highest BCUT2D eigenvalue weighted by Crippen LogP contribution is 2.32. The molecule has 2 aromatic rings. The van der Waals surface area contributed by atoms with Crippen LogP contribution in [0.5, 0.6) is 0 Å². The molecule has 0 unspecified atom stereocenters. The number of rotatable bonds is 6. The van der Waals surface area contributed by atoms with Crippen molar-refractivity contribution in [1.82, 2.24) is 20.2 Å². The van der Waals surface area contributed by atoms with Gasteiger partial charge in [-0.2, -0.15) is 0 Å². The summed E-state index contributed by atoms with van der Waals surface area (Å²) in [4.78, 5) is 34.6. The van der Waals surface area contributed by atoms with Gasteiger partial charge in [0, 0.05) is 17.2 Å². The Morgan fingerprint density at radius 2 is 2.03 bits per heavy atom. The van der Waals surface area contributed by atoms with Gasteiger partial charge < -0.3 is 24.7 Å². The smallest absolute Gasteiger partial charge is 0.407 e. The quantitative estimate of drug-likeness (QED) is 0.580. The van der Waals surface area contributed by atoms with Crippen molar-refractivity contribution in [2.75, 3.05) is 20.8 Å².